The van der Waals surface area contributed by atoms with Crippen molar-refractivity contribution in [2.24, 2.45) is 5.92 Å². The highest BCUT2D eigenvalue weighted by molar-refractivity contribution is 5.36. The first kappa shape index (κ1) is 15.4. The van der Waals surface area contributed by atoms with E-state index >= 15 is 0 Å². The van der Waals surface area contributed by atoms with E-state index in [-0.39, 0.29) is 18.8 Å². The summed E-state index contributed by atoms with van der Waals surface area (Å²) in [6.45, 7) is 2.59. The van der Waals surface area contributed by atoms with Gasteiger partial charge in [0.2, 0.25) is 0 Å². The van der Waals surface area contributed by atoms with Crippen LogP contribution in [-0.2, 0) is 11.3 Å². The summed E-state index contributed by atoms with van der Waals surface area (Å²) in [5, 5.41) is 0. The second-order valence-corrected chi connectivity index (χ2v) is 5.65. The Balaban J connectivity index is 2.09. The van der Waals surface area contributed by atoms with Crippen LogP contribution in [0.15, 0.2) is 18.2 Å². The van der Waals surface area contributed by atoms with Crippen LogP contribution in [0.1, 0.15) is 48.3 Å². The predicted molar refractivity (Wildman–Crippen MR) is 72.6 cm³/mol. The van der Waals surface area contributed by atoms with Crippen molar-refractivity contribution < 1.29 is 17.9 Å². The Bertz CT molecular complexity index is 446. The Kier molecular flexibility index (Phi) is 4.74. The molecule has 0 saturated heterocycles. The van der Waals surface area contributed by atoms with Gasteiger partial charge in [-0.2, -0.15) is 13.2 Å². The van der Waals surface area contributed by atoms with Crippen LogP contribution in [0.4, 0.5) is 13.2 Å². The maximum atomic E-state index is 12.7. The van der Waals surface area contributed by atoms with Crippen LogP contribution >= 0.6 is 0 Å². The highest BCUT2D eigenvalue weighted by Gasteiger charge is 2.41. The van der Waals surface area contributed by atoms with Gasteiger partial charge in [0.1, 0.15) is 0 Å². The van der Waals surface area contributed by atoms with E-state index in [4.69, 9.17) is 4.74 Å². The van der Waals surface area contributed by atoms with E-state index in [9.17, 15) is 13.2 Å². The average Bonchev–Trinajstić information content (AvgIpc) is 2.41. The van der Waals surface area contributed by atoms with Gasteiger partial charge in [0.25, 0.3) is 0 Å². The summed E-state index contributed by atoms with van der Waals surface area (Å²) >= 11 is 0. The minimum absolute atomic E-state index is 0.252. The van der Waals surface area contributed by atoms with Crippen LogP contribution in [0, 0.1) is 12.8 Å². The van der Waals surface area contributed by atoms with E-state index in [2.05, 4.69) is 0 Å². The van der Waals surface area contributed by atoms with E-state index in [1.165, 1.54) is 11.1 Å². The normalized spacial score (nSPS) is 23.9. The number of benzene rings is 1. The van der Waals surface area contributed by atoms with Gasteiger partial charge in [0.15, 0.2) is 0 Å². The zero-order chi connectivity index (χ0) is 14.8. The first-order chi connectivity index (χ1) is 9.43. The van der Waals surface area contributed by atoms with E-state index in [1.54, 1.807) is 7.11 Å². The van der Waals surface area contributed by atoms with Crippen molar-refractivity contribution in [3.63, 3.8) is 0 Å². The molecule has 1 aromatic carbocycles. The van der Waals surface area contributed by atoms with E-state index < -0.39 is 12.1 Å². The fraction of sp³-hybridized carbons (Fsp3) is 0.625. The molecule has 2 rings (SSSR count). The Labute approximate surface area is 118 Å². The Morgan fingerprint density at radius 1 is 1.15 bits per heavy atom. The first-order valence-corrected chi connectivity index (χ1v) is 7.07. The van der Waals surface area contributed by atoms with Gasteiger partial charge < -0.3 is 4.74 Å². The van der Waals surface area contributed by atoms with Crippen molar-refractivity contribution in [2.45, 2.75) is 51.3 Å². The minimum atomic E-state index is -4.03. The summed E-state index contributed by atoms with van der Waals surface area (Å²) in [6, 6.07) is 6.04. The topological polar surface area (TPSA) is 9.23 Å². The van der Waals surface area contributed by atoms with Gasteiger partial charge >= 0.3 is 6.18 Å². The summed E-state index contributed by atoms with van der Waals surface area (Å²) in [4.78, 5) is 0. The Morgan fingerprint density at radius 2 is 1.80 bits per heavy atom. The molecule has 0 heterocycles. The third-order valence-corrected chi connectivity index (χ3v) is 4.42. The van der Waals surface area contributed by atoms with Gasteiger partial charge in [0, 0.05) is 7.11 Å². The summed E-state index contributed by atoms with van der Waals surface area (Å²) in [6.07, 6.45) is -2.27. The van der Waals surface area contributed by atoms with Gasteiger partial charge in [-0.1, -0.05) is 18.2 Å². The molecule has 0 spiro atoms. The second-order valence-electron chi connectivity index (χ2n) is 5.65. The van der Waals surface area contributed by atoms with Crippen LogP contribution in [-0.4, -0.2) is 13.3 Å². The van der Waals surface area contributed by atoms with Gasteiger partial charge in [-0.15, -0.1) is 0 Å². The molecule has 0 N–H and O–H groups in total. The molecule has 20 heavy (non-hydrogen) atoms. The molecule has 0 unspecified atom stereocenters. The predicted octanol–water partition coefficient (Wildman–Crippen LogP) is 4.98. The molecule has 4 heteroatoms. The molecule has 0 amide bonds. The van der Waals surface area contributed by atoms with Crippen LogP contribution < -0.4 is 0 Å². The van der Waals surface area contributed by atoms with E-state index in [0.717, 1.165) is 5.56 Å². The van der Waals surface area contributed by atoms with Gasteiger partial charge in [0.05, 0.1) is 12.5 Å². The first-order valence-electron chi connectivity index (χ1n) is 7.07. The van der Waals surface area contributed by atoms with E-state index in [1.807, 2.05) is 25.1 Å². The monoisotopic (exact) mass is 286 g/mol. The molecule has 0 bridgehead atoms. The molecule has 0 radical (unpaired) electrons. The number of alkyl halides is 3. The molecule has 0 aliphatic heterocycles. The minimum Gasteiger partial charge on any atom is -0.380 e. The number of halogens is 3. The largest absolute Gasteiger partial charge is 0.391 e. The highest BCUT2D eigenvalue weighted by atomic mass is 19.4. The number of hydrogen-bond donors (Lipinski definition) is 0. The molecule has 0 atom stereocenters. The lowest BCUT2D eigenvalue weighted by Gasteiger charge is -2.31. The van der Waals surface area contributed by atoms with Gasteiger partial charge in [-0.3, -0.25) is 0 Å². The molecular formula is C16H21F3O. The van der Waals surface area contributed by atoms with Crippen molar-refractivity contribution in [1.82, 2.24) is 0 Å². The third kappa shape index (κ3) is 3.35. The van der Waals surface area contributed by atoms with Crippen LogP contribution in [0.3, 0.4) is 0 Å². The van der Waals surface area contributed by atoms with Crippen molar-refractivity contribution >= 4 is 0 Å². The fourth-order valence-corrected chi connectivity index (χ4v) is 3.19. The van der Waals surface area contributed by atoms with Crippen LogP contribution in [0.2, 0.25) is 0 Å². The number of rotatable bonds is 3. The van der Waals surface area contributed by atoms with Gasteiger partial charge in [-0.05, 0) is 55.2 Å². The van der Waals surface area contributed by atoms with Crippen molar-refractivity contribution in [3.8, 4) is 0 Å². The summed E-state index contributed by atoms with van der Waals surface area (Å²) < 4.78 is 43.3. The summed E-state index contributed by atoms with van der Waals surface area (Å²) in [7, 11) is 1.65. The van der Waals surface area contributed by atoms with Crippen LogP contribution in [0.5, 0.6) is 0 Å². The second kappa shape index (κ2) is 6.17. The maximum absolute atomic E-state index is 12.7. The summed E-state index contributed by atoms with van der Waals surface area (Å²) in [5.41, 5.74) is 3.49. The number of ether oxygens (including phenoxy) is 1. The third-order valence-electron chi connectivity index (χ3n) is 4.42. The lowest BCUT2D eigenvalue weighted by molar-refractivity contribution is -0.182. The van der Waals surface area contributed by atoms with Crippen molar-refractivity contribution in [1.29, 1.82) is 0 Å². The van der Waals surface area contributed by atoms with Gasteiger partial charge in [-0.25, -0.2) is 0 Å². The lowest BCUT2D eigenvalue weighted by atomic mass is 9.77. The number of hydrogen-bond acceptors (Lipinski definition) is 1. The van der Waals surface area contributed by atoms with Crippen LogP contribution in [0.25, 0.3) is 0 Å². The standard InChI is InChI=1S/C16H21F3O/c1-11-13(10-20-2)4-3-5-15(11)12-6-8-14(9-7-12)16(17,18)19/h3-5,12,14H,6-10H2,1-2H3. The molecule has 1 nitrogen and oxygen atoms in total. The molecule has 1 aliphatic rings. The maximum Gasteiger partial charge on any atom is 0.391 e. The molecule has 1 aromatic rings. The lowest BCUT2D eigenvalue weighted by Crippen LogP contribution is -2.27. The quantitative estimate of drug-likeness (QED) is 0.761. The molecule has 0 aromatic heterocycles. The molecule has 1 aliphatic carbocycles. The highest BCUT2D eigenvalue weighted by Crippen LogP contribution is 2.43. The van der Waals surface area contributed by atoms with E-state index in [0.29, 0.717) is 19.4 Å². The average molecular weight is 286 g/mol. The molecule has 1 saturated carbocycles. The smallest absolute Gasteiger partial charge is 0.380 e. The molecule has 112 valence electrons. The Hall–Kier alpha value is -1.03. The zero-order valence-electron chi connectivity index (χ0n) is 12.0. The number of methoxy groups -OCH3 is 1. The molecule has 1 fully saturated rings. The SMILES string of the molecule is COCc1cccc(C2CCC(C(F)(F)F)CC2)c1C. The summed E-state index contributed by atoms with van der Waals surface area (Å²) in [5.74, 6) is -0.855. The Morgan fingerprint density at radius 3 is 2.35 bits per heavy atom. The zero-order valence-corrected chi connectivity index (χ0v) is 12.0. The van der Waals surface area contributed by atoms with Crippen molar-refractivity contribution in [2.75, 3.05) is 7.11 Å². The van der Waals surface area contributed by atoms with Crippen molar-refractivity contribution in [3.05, 3.63) is 34.9 Å². The molecular weight excluding hydrogens is 265 g/mol. The fourth-order valence-electron chi connectivity index (χ4n) is 3.19.